The van der Waals surface area contributed by atoms with Gasteiger partial charge in [0.2, 0.25) is 10.0 Å². The van der Waals surface area contributed by atoms with Crippen LogP contribution in [0.3, 0.4) is 0 Å². The van der Waals surface area contributed by atoms with Crippen LogP contribution in [-0.2, 0) is 14.8 Å². The minimum atomic E-state index is -3.46. The summed E-state index contributed by atoms with van der Waals surface area (Å²) in [5.74, 6) is 0. The highest BCUT2D eigenvalue weighted by Crippen LogP contribution is 2.19. The Morgan fingerprint density at radius 1 is 1.30 bits per heavy atom. The average Bonchev–Trinajstić information content (AvgIpc) is 2.46. The van der Waals surface area contributed by atoms with Gasteiger partial charge in [-0.3, -0.25) is 0 Å². The Morgan fingerprint density at radius 3 is 2.48 bits per heavy atom. The van der Waals surface area contributed by atoms with Crippen LogP contribution in [0, 0.1) is 0 Å². The lowest BCUT2D eigenvalue weighted by molar-refractivity contribution is -0.0473. The molecule has 0 bridgehead atoms. The van der Waals surface area contributed by atoms with Crippen molar-refractivity contribution in [3.63, 3.8) is 0 Å². The summed E-state index contributed by atoms with van der Waals surface area (Å²) in [4.78, 5) is 2.28. The van der Waals surface area contributed by atoms with Gasteiger partial charge in [-0.2, -0.15) is 0 Å². The zero-order valence-electron chi connectivity index (χ0n) is 13.8. The van der Waals surface area contributed by atoms with E-state index in [4.69, 9.17) is 17.0 Å². The van der Waals surface area contributed by atoms with Crippen LogP contribution in [0.25, 0.3) is 0 Å². The molecule has 0 radical (unpaired) electrons. The van der Waals surface area contributed by atoms with E-state index in [1.54, 1.807) is 24.3 Å². The number of hydrogen-bond donors (Lipinski definition) is 1. The Bertz CT molecular complexity index is 666. The zero-order valence-corrected chi connectivity index (χ0v) is 15.4. The third-order valence-electron chi connectivity index (χ3n) is 3.57. The highest BCUT2D eigenvalue weighted by atomic mass is 32.2. The largest absolute Gasteiger partial charge is 0.372 e. The molecule has 1 aromatic rings. The summed E-state index contributed by atoms with van der Waals surface area (Å²) in [6.45, 7) is 5.45. The van der Waals surface area contributed by atoms with Crippen molar-refractivity contribution in [1.82, 2.24) is 9.21 Å². The van der Waals surface area contributed by atoms with E-state index >= 15 is 0 Å². The Hall–Kier alpha value is -1.22. The maximum Gasteiger partial charge on any atom is 0.242 e. The zero-order chi connectivity index (χ0) is 17.2. The van der Waals surface area contributed by atoms with E-state index in [1.807, 2.05) is 18.7 Å². The van der Waals surface area contributed by atoms with Gasteiger partial charge in [-0.05, 0) is 44.3 Å². The number of benzene rings is 1. The van der Waals surface area contributed by atoms with Gasteiger partial charge in [0.15, 0.2) is 5.11 Å². The summed E-state index contributed by atoms with van der Waals surface area (Å²) < 4.78 is 31.3. The van der Waals surface area contributed by atoms with Gasteiger partial charge in [0, 0.05) is 32.9 Å². The number of rotatable bonds is 3. The molecule has 0 saturated carbocycles. The van der Waals surface area contributed by atoms with Gasteiger partial charge in [-0.1, -0.05) is 6.07 Å². The monoisotopic (exact) mass is 357 g/mol. The maximum atomic E-state index is 12.2. The summed E-state index contributed by atoms with van der Waals surface area (Å²) in [6, 6.07) is 6.66. The van der Waals surface area contributed by atoms with Crippen LogP contribution >= 0.6 is 12.2 Å². The van der Waals surface area contributed by atoms with Crippen LogP contribution in [0.4, 0.5) is 5.69 Å². The second kappa shape index (κ2) is 7.12. The molecular weight excluding hydrogens is 334 g/mol. The van der Waals surface area contributed by atoms with Gasteiger partial charge in [0.1, 0.15) is 0 Å². The average molecular weight is 358 g/mol. The molecular formula is C15H23N3O3S2. The van der Waals surface area contributed by atoms with Gasteiger partial charge >= 0.3 is 0 Å². The first-order valence-electron chi connectivity index (χ1n) is 7.44. The van der Waals surface area contributed by atoms with Crippen molar-refractivity contribution in [2.75, 3.05) is 32.5 Å². The molecule has 1 aliphatic rings. The summed E-state index contributed by atoms with van der Waals surface area (Å²) in [5, 5.41) is 3.70. The second-order valence-corrected chi connectivity index (χ2v) is 8.45. The molecule has 0 unspecified atom stereocenters. The van der Waals surface area contributed by atoms with Crippen molar-refractivity contribution in [1.29, 1.82) is 0 Å². The molecule has 0 aromatic heterocycles. The van der Waals surface area contributed by atoms with Crippen LogP contribution in [0.15, 0.2) is 29.2 Å². The lowest BCUT2D eigenvalue weighted by atomic mass is 10.2. The van der Waals surface area contributed by atoms with Gasteiger partial charge in [0.25, 0.3) is 0 Å². The quantitative estimate of drug-likeness (QED) is 0.832. The molecule has 1 aliphatic heterocycles. The molecule has 1 fully saturated rings. The first-order chi connectivity index (χ1) is 10.7. The Labute approximate surface area is 143 Å². The van der Waals surface area contributed by atoms with E-state index < -0.39 is 10.0 Å². The number of anilines is 1. The van der Waals surface area contributed by atoms with Crippen LogP contribution < -0.4 is 5.32 Å². The Balaban J connectivity index is 2.13. The first-order valence-corrected chi connectivity index (χ1v) is 9.29. The molecule has 6 nitrogen and oxygen atoms in total. The molecule has 1 aromatic carbocycles. The lowest BCUT2D eigenvalue weighted by Gasteiger charge is -2.36. The molecule has 0 spiro atoms. The summed E-state index contributed by atoms with van der Waals surface area (Å²) in [6.07, 6.45) is 0.220. The number of ether oxygens (including phenoxy) is 1. The van der Waals surface area contributed by atoms with Gasteiger partial charge in [-0.25, -0.2) is 12.7 Å². The normalized spacial score (nSPS) is 22.2. The van der Waals surface area contributed by atoms with Crippen LogP contribution in [0.5, 0.6) is 0 Å². The van der Waals surface area contributed by atoms with Crippen molar-refractivity contribution < 1.29 is 13.2 Å². The predicted molar refractivity (Wildman–Crippen MR) is 95.1 cm³/mol. The highest BCUT2D eigenvalue weighted by molar-refractivity contribution is 7.89. The molecule has 23 heavy (non-hydrogen) atoms. The molecule has 1 heterocycles. The SMILES string of the molecule is C[C@@H]1CN(C(=S)Nc2cccc(S(=O)(=O)N(C)C)c2)C[C@H](C)O1. The third-order valence-corrected chi connectivity index (χ3v) is 5.74. The third kappa shape index (κ3) is 4.41. The topological polar surface area (TPSA) is 61.9 Å². The van der Waals surface area contributed by atoms with Gasteiger partial charge in [0.05, 0.1) is 17.1 Å². The van der Waals surface area contributed by atoms with Crippen molar-refractivity contribution >= 4 is 33.0 Å². The standard InChI is InChI=1S/C15H23N3O3S2/c1-11-9-18(10-12(2)21-11)15(22)16-13-6-5-7-14(8-13)23(19,20)17(3)4/h5-8,11-12H,9-10H2,1-4H3,(H,16,22)/t11-,12+. The number of thiocarbonyl (C=S) groups is 1. The molecule has 1 N–H and O–H groups in total. The van der Waals surface area contributed by atoms with Crippen LogP contribution in [0.1, 0.15) is 13.8 Å². The summed E-state index contributed by atoms with van der Waals surface area (Å²) >= 11 is 5.45. The van der Waals surface area contributed by atoms with Crippen LogP contribution in [0.2, 0.25) is 0 Å². The molecule has 2 atom stereocenters. The van der Waals surface area contributed by atoms with Crippen molar-refractivity contribution in [3.05, 3.63) is 24.3 Å². The highest BCUT2D eigenvalue weighted by Gasteiger charge is 2.24. The summed E-state index contributed by atoms with van der Waals surface area (Å²) in [7, 11) is -0.440. The van der Waals surface area contributed by atoms with Gasteiger partial charge < -0.3 is 15.0 Å². The fourth-order valence-electron chi connectivity index (χ4n) is 2.49. The van der Waals surface area contributed by atoms with Crippen molar-refractivity contribution in [3.8, 4) is 0 Å². The fourth-order valence-corrected chi connectivity index (χ4v) is 3.71. The predicted octanol–water partition coefficient (Wildman–Crippen LogP) is 1.74. The van der Waals surface area contributed by atoms with Gasteiger partial charge in [-0.15, -0.1) is 0 Å². The number of nitrogens with one attached hydrogen (secondary N) is 1. The molecule has 0 aliphatic carbocycles. The fraction of sp³-hybridized carbons (Fsp3) is 0.533. The minimum absolute atomic E-state index is 0.110. The minimum Gasteiger partial charge on any atom is -0.372 e. The van der Waals surface area contributed by atoms with E-state index in [-0.39, 0.29) is 17.1 Å². The molecule has 128 valence electrons. The Morgan fingerprint density at radius 2 is 1.91 bits per heavy atom. The molecule has 1 saturated heterocycles. The molecule has 8 heteroatoms. The smallest absolute Gasteiger partial charge is 0.242 e. The van der Waals surface area contributed by atoms with Crippen LogP contribution in [-0.4, -0.2) is 62.1 Å². The molecule has 2 rings (SSSR count). The van der Waals surface area contributed by atoms with E-state index in [2.05, 4.69) is 5.32 Å². The summed E-state index contributed by atoms with van der Waals surface area (Å²) in [5.41, 5.74) is 0.657. The number of sulfonamides is 1. The van der Waals surface area contributed by atoms with E-state index in [0.717, 1.165) is 0 Å². The first kappa shape index (κ1) is 18.1. The number of hydrogen-bond acceptors (Lipinski definition) is 4. The lowest BCUT2D eigenvalue weighted by Crippen LogP contribution is -2.49. The van der Waals surface area contributed by atoms with Crippen molar-refractivity contribution in [2.45, 2.75) is 31.0 Å². The number of nitrogens with zero attached hydrogens (tertiary/aromatic N) is 2. The van der Waals surface area contributed by atoms with E-state index in [0.29, 0.717) is 23.9 Å². The van der Waals surface area contributed by atoms with E-state index in [9.17, 15) is 8.42 Å². The molecule has 0 amide bonds. The van der Waals surface area contributed by atoms with Crippen molar-refractivity contribution in [2.24, 2.45) is 0 Å². The second-order valence-electron chi connectivity index (χ2n) is 5.91. The maximum absolute atomic E-state index is 12.2. The van der Waals surface area contributed by atoms with E-state index in [1.165, 1.54) is 18.4 Å². The number of morpholine rings is 1. The Kier molecular flexibility index (Phi) is 5.61.